The van der Waals surface area contributed by atoms with E-state index in [1.807, 2.05) is 6.92 Å². The lowest BCUT2D eigenvalue weighted by atomic mass is 10.2. The topological polar surface area (TPSA) is 147 Å². The Hall–Kier alpha value is -2.92. The Labute approximate surface area is 148 Å². The van der Waals surface area contributed by atoms with Crippen molar-refractivity contribution in [2.75, 3.05) is 0 Å². The van der Waals surface area contributed by atoms with Gasteiger partial charge in [0, 0.05) is 6.42 Å². The third kappa shape index (κ3) is 3.39. The number of hydrogen-bond donors (Lipinski definition) is 3. The number of H-pyrrole nitrogens is 1. The van der Waals surface area contributed by atoms with Gasteiger partial charge in [-0.1, -0.05) is 6.92 Å². The molecule has 1 aromatic carbocycles. The van der Waals surface area contributed by atoms with Crippen LogP contribution in [0.4, 0.5) is 0 Å². The van der Waals surface area contributed by atoms with Crippen LogP contribution in [-0.2, 0) is 16.8 Å². The average Bonchev–Trinajstić information content (AvgIpc) is 2.85. The number of aryl methyl sites for hydroxylation is 2. The second-order valence-corrected chi connectivity index (χ2v) is 6.64. The van der Waals surface area contributed by atoms with Crippen molar-refractivity contribution in [2.24, 2.45) is 0 Å². The van der Waals surface area contributed by atoms with Crippen molar-refractivity contribution >= 4 is 15.9 Å². The van der Waals surface area contributed by atoms with Gasteiger partial charge in [-0.3, -0.25) is 9.35 Å². The molecule has 26 heavy (non-hydrogen) atoms. The number of nitrogens with zero attached hydrogens (tertiary/aromatic N) is 3. The second kappa shape index (κ2) is 6.42. The zero-order chi connectivity index (χ0) is 19.1. The van der Waals surface area contributed by atoms with E-state index in [2.05, 4.69) is 19.2 Å². The monoisotopic (exact) mass is 380 g/mol. The molecule has 0 aliphatic carbocycles. The van der Waals surface area contributed by atoms with Crippen molar-refractivity contribution in [3.8, 4) is 22.9 Å². The summed E-state index contributed by atoms with van der Waals surface area (Å²) in [5.41, 5.74) is 0.394. The van der Waals surface area contributed by atoms with E-state index in [4.69, 9.17) is 4.55 Å². The summed E-state index contributed by atoms with van der Waals surface area (Å²) in [5, 5.41) is 14.4. The molecule has 3 N–H and O–H groups in total. The molecule has 3 aromatic rings. The maximum atomic E-state index is 12.4. The number of imidazole rings is 1. The van der Waals surface area contributed by atoms with E-state index in [1.165, 1.54) is 4.52 Å². The van der Waals surface area contributed by atoms with Crippen LogP contribution in [0.5, 0.6) is 11.5 Å². The molecule has 0 spiro atoms. The lowest BCUT2D eigenvalue weighted by Gasteiger charge is -2.08. The van der Waals surface area contributed by atoms with Crippen LogP contribution in [0.1, 0.15) is 24.9 Å². The normalized spacial score (nSPS) is 11.8. The fourth-order valence-electron chi connectivity index (χ4n) is 2.62. The number of aromatic amines is 1. The van der Waals surface area contributed by atoms with Gasteiger partial charge in [0.05, 0.1) is 11.3 Å². The van der Waals surface area contributed by atoms with E-state index in [-0.39, 0.29) is 22.9 Å². The molecule has 11 heteroatoms. The van der Waals surface area contributed by atoms with E-state index in [1.54, 1.807) is 6.92 Å². The van der Waals surface area contributed by atoms with E-state index < -0.39 is 16.0 Å². The largest absolute Gasteiger partial charge is 0.507 e. The zero-order valence-corrected chi connectivity index (χ0v) is 14.7. The summed E-state index contributed by atoms with van der Waals surface area (Å²) in [6, 6.07) is 3.44. The predicted octanol–water partition coefficient (Wildman–Crippen LogP) is 1.23. The van der Waals surface area contributed by atoms with Gasteiger partial charge in [-0.25, -0.2) is 9.50 Å². The predicted molar refractivity (Wildman–Crippen MR) is 91.6 cm³/mol. The van der Waals surface area contributed by atoms with Crippen molar-refractivity contribution in [3.63, 3.8) is 0 Å². The Morgan fingerprint density at radius 2 is 2.08 bits per heavy atom. The minimum Gasteiger partial charge on any atom is -0.507 e. The number of phenols is 1. The van der Waals surface area contributed by atoms with E-state index >= 15 is 0 Å². The maximum absolute atomic E-state index is 12.4. The van der Waals surface area contributed by atoms with Crippen molar-refractivity contribution in [1.29, 1.82) is 0 Å². The van der Waals surface area contributed by atoms with Crippen molar-refractivity contribution in [2.45, 2.75) is 26.7 Å². The van der Waals surface area contributed by atoms with Gasteiger partial charge in [0.2, 0.25) is 0 Å². The highest BCUT2D eigenvalue weighted by Crippen LogP contribution is 2.30. The Morgan fingerprint density at radius 1 is 1.35 bits per heavy atom. The van der Waals surface area contributed by atoms with Gasteiger partial charge < -0.3 is 14.3 Å². The Balaban J connectivity index is 2.21. The quantitative estimate of drug-likeness (QED) is 0.560. The standard InChI is InChI=1S/C15H16N4O6S/c1-3-4-12-16-8(2)13-15(21)17-14(18-19(12)13)10-7-9(5-6-11(10)20)25-26(22,23)24/h5-7,20H,3-4H2,1-2H3,(H,17,18,21)(H,22,23,24). The summed E-state index contributed by atoms with van der Waals surface area (Å²) in [6.45, 7) is 3.66. The van der Waals surface area contributed by atoms with E-state index in [0.717, 1.165) is 24.6 Å². The summed E-state index contributed by atoms with van der Waals surface area (Å²) in [6.07, 6.45) is 1.40. The maximum Gasteiger partial charge on any atom is 0.446 e. The van der Waals surface area contributed by atoms with Crippen LogP contribution < -0.4 is 9.74 Å². The number of aromatic hydroxyl groups is 1. The second-order valence-electron chi connectivity index (χ2n) is 5.62. The first kappa shape index (κ1) is 17.9. The molecule has 2 aromatic heterocycles. The molecule has 0 amide bonds. The summed E-state index contributed by atoms with van der Waals surface area (Å²) in [5.74, 6) is 0.0791. The van der Waals surface area contributed by atoms with Crippen LogP contribution >= 0.6 is 0 Å². The number of aromatic nitrogens is 4. The molecule has 0 saturated carbocycles. The lowest BCUT2D eigenvalue weighted by Crippen LogP contribution is -2.15. The Bertz CT molecular complexity index is 1150. The molecule has 0 aliphatic heterocycles. The van der Waals surface area contributed by atoms with Gasteiger partial charge in [-0.15, -0.1) is 5.10 Å². The fourth-order valence-corrected chi connectivity index (χ4v) is 2.97. The summed E-state index contributed by atoms with van der Waals surface area (Å²) < 4.78 is 36.3. The third-order valence-electron chi connectivity index (χ3n) is 3.64. The molecule has 138 valence electrons. The Kier molecular flexibility index (Phi) is 4.42. The van der Waals surface area contributed by atoms with Gasteiger partial charge in [-0.2, -0.15) is 8.42 Å². The molecule has 3 rings (SSSR count). The molecule has 0 atom stereocenters. The molecule has 0 unspecified atom stereocenters. The average molecular weight is 380 g/mol. The number of fused-ring (bicyclic) bond motifs is 1. The van der Waals surface area contributed by atoms with Crippen LogP contribution in [-0.4, -0.2) is 37.7 Å². The van der Waals surface area contributed by atoms with Gasteiger partial charge in [0.1, 0.15) is 17.3 Å². The minimum absolute atomic E-state index is 0.00413. The number of benzene rings is 1. The van der Waals surface area contributed by atoms with Crippen molar-refractivity contribution in [3.05, 3.63) is 40.1 Å². The molecule has 2 heterocycles. The van der Waals surface area contributed by atoms with E-state index in [9.17, 15) is 18.3 Å². The van der Waals surface area contributed by atoms with Crippen molar-refractivity contribution < 1.29 is 22.3 Å². The third-order valence-corrected chi connectivity index (χ3v) is 4.04. The molecular weight excluding hydrogens is 364 g/mol. The van der Waals surface area contributed by atoms with Crippen LogP contribution in [0.25, 0.3) is 16.9 Å². The van der Waals surface area contributed by atoms with Crippen LogP contribution in [0.15, 0.2) is 23.0 Å². The molecular formula is C15H16N4O6S. The van der Waals surface area contributed by atoms with Gasteiger partial charge in [0.15, 0.2) is 11.3 Å². The summed E-state index contributed by atoms with van der Waals surface area (Å²) in [4.78, 5) is 19.3. The fraction of sp³-hybridized carbons (Fsp3) is 0.267. The molecule has 0 saturated heterocycles. The van der Waals surface area contributed by atoms with Crippen LogP contribution in [0.3, 0.4) is 0 Å². The van der Waals surface area contributed by atoms with Crippen LogP contribution in [0, 0.1) is 6.92 Å². The highest BCUT2D eigenvalue weighted by Gasteiger charge is 2.17. The minimum atomic E-state index is -4.73. The number of rotatable bonds is 5. The summed E-state index contributed by atoms with van der Waals surface area (Å²) in [7, 11) is -4.73. The Morgan fingerprint density at radius 3 is 2.73 bits per heavy atom. The van der Waals surface area contributed by atoms with Crippen molar-refractivity contribution in [1.82, 2.24) is 19.6 Å². The molecule has 0 fully saturated rings. The van der Waals surface area contributed by atoms with Gasteiger partial charge in [-0.05, 0) is 31.5 Å². The van der Waals surface area contributed by atoms with Crippen LogP contribution in [0.2, 0.25) is 0 Å². The van der Waals surface area contributed by atoms with Gasteiger partial charge in [0.25, 0.3) is 5.56 Å². The van der Waals surface area contributed by atoms with Gasteiger partial charge >= 0.3 is 10.4 Å². The number of hydrogen-bond acceptors (Lipinski definition) is 7. The first-order valence-electron chi connectivity index (χ1n) is 7.68. The van der Waals surface area contributed by atoms with E-state index in [0.29, 0.717) is 23.5 Å². The molecule has 0 bridgehead atoms. The lowest BCUT2D eigenvalue weighted by molar-refractivity contribution is 0.386. The highest BCUT2D eigenvalue weighted by atomic mass is 32.3. The molecule has 10 nitrogen and oxygen atoms in total. The zero-order valence-electron chi connectivity index (χ0n) is 13.9. The first-order valence-corrected chi connectivity index (χ1v) is 9.05. The number of phenolic OH excluding ortho intramolecular Hbond substituents is 1. The number of nitrogens with one attached hydrogen (secondary N) is 1. The smallest absolute Gasteiger partial charge is 0.446 e. The highest BCUT2D eigenvalue weighted by molar-refractivity contribution is 7.81. The molecule has 0 aliphatic rings. The summed E-state index contributed by atoms with van der Waals surface area (Å²) >= 11 is 0. The first-order chi connectivity index (χ1) is 12.2. The SMILES string of the molecule is CCCc1nc(C)c2c(=O)[nH]c(-c3cc(OS(=O)(=O)O)ccc3O)nn12. The molecule has 0 radical (unpaired) electrons.